The molecule has 0 atom stereocenters. The largest absolute Gasteiger partial charge is 0.469 e. The number of ketones is 1. The normalized spacial score (nSPS) is 10.0. The summed E-state index contributed by atoms with van der Waals surface area (Å²) in [6.07, 6.45) is -0.257. The molecule has 4 heteroatoms. The van der Waals surface area contributed by atoms with Crippen molar-refractivity contribution in [3.8, 4) is 0 Å². The van der Waals surface area contributed by atoms with Crippen molar-refractivity contribution in [1.82, 2.24) is 4.98 Å². The quantitative estimate of drug-likeness (QED) is 0.443. The Bertz CT molecular complexity index is 438. The van der Waals surface area contributed by atoms with E-state index in [1.54, 1.807) is 0 Å². The molecule has 16 heavy (non-hydrogen) atoms. The highest BCUT2D eigenvalue weighted by Crippen LogP contribution is 2.13. The van der Waals surface area contributed by atoms with Crippen LogP contribution in [0.2, 0.25) is 0 Å². The average molecular weight is 221 g/mol. The Morgan fingerprint density at radius 3 is 2.44 bits per heavy atom. The van der Waals surface area contributed by atoms with Gasteiger partial charge in [-0.3, -0.25) is 9.59 Å². The zero-order valence-electron chi connectivity index (χ0n) is 9.96. The zero-order chi connectivity index (χ0) is 12.3. The fourth-order valence-corrected chi connectivity index (χ4v) is 1.41. The van der Waals surface area contributed by atoms with Crippen LogP contribution in [0.4, 0.5) is 0 Å². The van der Waals surface area contributed by atoms with Gasteiger partial charge in [-0.1, -0.05) is 6.07 Å². The molecule has 0 aliphatic rings. The van der Waals surface area contributed by atoms with E-state index in [0.717, 1.165) is 16.8 Å². The van der Waals surface area contributed by atoms with Crippen LogP contribution in [0.25, 0.3) is 0 Å². The molecule has 0 fully saturated rings. The number of esters is 1. The summed E-state index contributed by atoms with van der Waals surface area (Å²) < 4.78 is 4.45. The smallest absolute Gasteiger partial charge is 0.313 e. The molecule has 0 aliphatic heterocycles. The van der Waals surface area contributed by atoms with Crippen molar-refractivity contribution in [3.63, 3.8) is 0 Å². The van der Waals surface area contributed by atoms with Gasteiger partial charge in [-0.15, -0.1) is 0 Å². The van der Waals surface area contributed by atoms with Crippen molar-refractivity contribution >= 4 is 11.8 Å². The number of aromatic nitrogens is 1. The van der Waals surface area contributed by atoms with E-state index in [1.165, 1.54) is 7.11 Å². The van der Waals surface area contributed by atoms with E-state index in [1.807, 2.05) is 26.8 Å². The van der Waals surface area contributed by atoms with Crippen LogP contribution < -0.4 is 0 Å². The van der Waals surface area contributed by atoms with Crippen molar-refractivity contribution in [2.75, 3.05) is 7.11 Å². The van der Waals surface area contributed by atoms with Crippen molar-refractivity contribution in [1.29, 1.82) is 0 Å². The molecule has 0 N–H and O–H groups in total. The summed E-state index contributed by atoms with van der Waals surface area (Å²) in [6, 6.07) is 1.90. The van der Waals surface area contributed by atoms with Gasteiger partial charge in [-0.05, 0) is 31.9 Å². The fourth-order valence-electron chi connectivity index (χ4n) is 1.41. The first-order chi connectivity index (χ1) is 7.45. The van der Waals surface area contributed by atoms with E-state index in [9.17, 15) is 9.59 Å². The van der Waals surface area contributed by atoms with Crippen LogP contribution >= 0.6 is 0 Å². The fraction of sp³-hybridized carbons (Fsp3) is 0.417. The van der Waals surface area contributed by atoms with Gasteiger partial charge in [0.2, 0.25) is 0 Å². The topological polar surface area (TPSA) is 56.3 Å². The molecule has 0 saturated carbocycles. The molecule has 1 rings (SSSR count). The number of aryl methyl sites for hydroxylation is 3. The van der Waals surface area contributed by atoms with Crippen LogP contribution in [0.5, 0.6) is 0 Å². The lowest BCUT2D eigenvalue weighted by molar-refractivity contribution is -0.139. The first kappa shape index (κ1) is 12.4. The second-order valence-electron chi connectivity index (χ2n) is 3.73. The van der Waals surface area contributed by atoms with E-state index in [-0.39, 0.29) is 12.2 Å². The van der Waals surface area contributed by atoms with Crippen molar-refractivity contribution in [2.24, 2.45) is 0 Å². The lowest BCUT2D eigenvalue weighted by Gasteiger charge is -2.07. The molecule has 1 heterocycles. The summed E-state index contributed by atoms with van der Waals surface area (Å²) in [5.74, 6) is -0.836. The molecule has 0 amide bonds. The minimum absolute atomic E-state index is 0.257. The summed E-state index contributed by atoms with van der Waals surface area (Å²) in [7, 11) is 1.26. The number of Topliss-reactive ketones (excluding diaryl/α,β-unsaturated/α-hetero) is 1. The van der Waals surface area contributed by atoms with Crippen molar-refractivity contribution < 1.29 is 14.3 Å². The van der Waals surface area contributed by atoms with E-state index >= 15 is 0 Å². The second kappa shape index (κ2) is 4.88. The lowest BCUT2D eigenvalue weighted by atomic mass is 10.1. The summed E-state index contributed by atoms with van der Waals surface area (Å²) >= 11 is 0. The van der Waals surface area contributed by atoms with Gasteiger partial charge in [0.1, 0.15) is 12.1 Å². The number of carbonyl (C=O) groups is 2. The molecule has 0 radical (unpaired) electrons. The molecule has 0 saturated heterocycles. The number of rotatable bonds is 3. The molecule has 0 spiro atoms. The molecule has 0 aromatic carbocycles. The Morgan fingerprint density at radius 2 is 1.88 bits per heavy atom. The first-order valence-corrected chi connectivity index (χ1v) is 5.00. The van der Waals surface area contributed by atoms with Crippen molar-refractivity contribution in [2.45, 2.75) is 27.2 Å². The highest BCUT2D eigenvalue weighted by atomic mass is 16.5. The predicted molar refractivity (Wildman–Crippen MR) is 59.4 cm³/mol. The summed E-state index contributed by atoms with van der Waals surface area (Å²) in [5, 5.41) is 0. The molecular formula is C12H15NO3. The summed E-state index contributed by atoms with van der Waals surface area (Å²) in [5.41, 5.74) is 2.98. The van der Waals surface area contributed by atoms with Gasteiger partial charge >= 0.3 is 5.97 Å². The molecule has 4 nitrogen and oxygen atoms in total. The van der Waals surface area contributed by atoms with E-state index in [0.29, 0.717) is 5.69 Å². The second-order valence-corrected chi connectivity index (χ2v) is 3.73. The third-order valence-corrected chi connectivity index (χ3v) is 2.45. The number of ether oxygens (including phenoxy) is 1. The Hall–Kier alpha value is -1.71. The van der Waals surface area contributed by atoms with Gasteiger partial charge in [0.15, 0.2) is 5.78 Å². The molecule has 86 valence electrons. The number of pyridine rings is 1. The molecule has 0 bridgehead atoms. The van der Waals surface area contributed by atoms with E-state index in [2.05, 4.69) is 9.72 Å². The van der Waals surface area contributed by atoms with Gasteiger partial charge in [-0.25, -0.2) is 4.98 Å². The van der Waals surface area contributed by atoms with Crippen molar-refractivity contribution in [3.05, 3.63) is 28.6 Å². The highest BCUT2D eigenvalue weighted by Gasteiger charge is 2.16. The molecule has 1 aromatic heterocycles. The third kappa shape index (κ3) is 2.66. The first-order valence-electron chi connectivity index (χ1n) is 5.00. The third-order valence-electron chi connectivity index (χ3n) is 2.45. The minimum atomic E-state index is -0.538. The molecule has 0 aliphatic carbocycles. The van der Waals surface area contributed by atoms with Gasteiger partial charge in [0.05, 0.1) is 7.11 Å². The Labute approximate surface area is 94.6 Å². The maximum Gasteiger partial charge on any atom is 0.313 e. The monoisotopic (exact) mass is 221 g/mol. The number of carbonyl (C=O) groups excluding carboxylic acids is 2. The minimum Gasteiger partial charge on any atom is -0.469 e. The van der Waals surface area contributed by atoms with E-state index < -0.39 is 5.97 Å². The highest BCUT2D eigenvalue weighted by molar-refractivity contribution is 6.05. The zero-order valence-corrected chi connectivity index (χ0v) is 9.96. The number of hydrogen-bond donors (Lipinski definition) is 0. The van der Waals surface area contributed by atoms with Crippen LogP contribution in [0.1, 0.15) is 33.7 Å². The molecule has 1 aromatic rings. The van der Waals surface area contributed by atoms with Crippen LogP contribution in [-0.2, 0) is 9.53 Å². The number of nitrogens with zero attached hydrogens (tertiary/aromatic N) is 1. The van der Waals surface area contributed by atoms with Gasteiger partial charge in [-0.2, -0.15) is 0 Å². The molecular weight excluding hydrogens is 206 g/mol. The van der Waals surface area contributed by atoms with Crippen LogP contribution in [0.15, 0.2) is 6.07 Å². The predicted octanol–water partition coefficient (Wildman–Crippen LogP) is 1.75. The Morgan fingerprint density at radius 1 is 1.25 bits per heavy atom. The average Bonchev–Trinajstić information content (AvgIpc) is 2.23. The molecule has 0 unspecified atom stereocenters. The summed E-state index contributed by atoms with van der Waals surface area (Å²) in [4.78, 5) is 26.9. The standard InChI is InChI=1S/C12H15NO3/c1-7-5-8(2)12(13-9(7)3)10(14)6-11(15)16-4/h5H,6H2,1-4H3. The summed E-state index contributed by atoms with van der Waals surface area (Å²) in [6.45, 7) is 5.58. The SMILES string of the molecule is COC(=O)CC(=O)c1nc(C)c(C)cc1C. The number of methoxy groups -OCH3 is 1. The van der Waals surface area contributed by atoms with Crippen LogP contribution in [0, 0.1) is 20.8 Å². The van der Waals surface area contributed by atoms with Crippen LogP contribution in [0.3, 0.4) is 0 Å². The Balaban J connectivity index is 3.00. The van der Waals surface area contributed by atoms with Gasteiger partial charge in [0.25, 0.3) is 0 Å². The van der Waals surface area contributed by atoms with Crippen LogP contribution in [-0.4, -0.2) is 23.8 Å². The Kier molecular flexibility index (Phi) is 3.77. The van der Waals surface area contributed by atoms with Gasteiger partial charge < -0.3 is 4.74 Å². The number of hydrogen-bond acceptors (Lipinski definition) is 4. The van der Waals surface area contributed by atoms with Gasteiger partial charge in [0, 0.05) is 5.69 Å². The maximum atomic E-state index is 11.7. The van der Waals surface area contributed by atoms with E-state index in [4.69, 9.17) is 0 Å². The maximum absolute atomic E-state index is 11.7. The lowest BCUT2D eigenvalue weighted by Crippen LogP contribution is -2.13.